The normalized spacial score (nSPS) is 14.7. The first kappa shape index (κ1) is 15.2. The number of hydrogen-bond acceptors (Lipinski definition) is 4. The summed E-state index contributed by atoms with van der Waals surface area (Å²) < 4.78 is 0.596. The molecule has 0 spiro atoms. The van der Waals surface area contributed by atoms with Gasteiger partial charge in [-0.15, -0.1) is 0 Å². The van der Waals surface area contributed by atoms with Crippen molar-refractivity contribution >= 4 is 45.1 Å². The van der Waals surface area contributed by atoms with Crippen LogP contribution >= 0.6 is 15.9 Å². The fourth-order valence-corrected chi connectivity index (χ4v) is 2.19. The Bertz CT molecular complexity index is 657. The first-order valence-corrected chi connectivity index (χ1v) is 6.86. The maximum Gasteiger partial charge on any atom is 0.337 e. The zero-order valence-electron chi connectivity index (χ0n) is 11.1. The zero-order chi connectivity index (χ0) is 15.6. The van der Waals surface area contributed by atoms with Crippen molar-refractivity contribution in [3.05, 3.63) is 28.2 Å². The van der Waals surface area contributed by atoms with Gasteiger partial charge < -0.3 is 10.4 Å². The van der Waals surface area contributed by atoms with Gasteiger partial charge in [-0.3, -0.25) is 9.59 Å². The standard InChI is InChI=1S/C13H12BrN3O4/c1-17-11(18)5-4-10(16-17)12(19)15-9-3-2-7(14)6-8(9)13(20)21/h2-3,6H,4-5H2,1H3,(H,15,19)(H,20,21). The van der Waals surface area contributed by atoms with Crippen LogP contribution in [-0.2, 0) is 9.59 Å². The molecule has 2 N–H and O–H groups in total. The molecule has 0 atom stereocenters. The largest absolute Gasteiger partial charge is 0.478 e. The van der Waals surface area contributed by atoms with Crippen LogP contribution < -0.4 is 5.32 Å². The molecule has 110 valence electrons. The minimum atomic E-state index is -1.15. The Hall–Kier alpha value is -2.22. The van der Waals surface area contributed by atoms with Gasteiger partial charge in [-0.2, -0.15) is 5.10 Å². The second kappa shape index (κ2) is 6.04. The summed E-state index contributed by atoms with van der Waals surface area (Å²) in [5.74, 6) is -1.83. The number of carboxylic acids is 1. The lowest BCUT2D eigenvalue weighted by Gasteiger charge is -2.19. The van der Waals surface area contributed by atoms with Crippen LogP contribution in [0.2, 0.25) is 0 Å². The van der Waals surface area contributed by atoms with Crippen molar-refractivity contribution in [3.63, 3.8) is 0 Å². The Balaban J connectivity index is 2.23. The molecule has 2 amide bonds. The van der Waals surface area contributed by atoms with Crippen LogP contribution in [0.25, 0.3) is 0 Å². The molecule has 0 aliphatic carbocycles. The van der Waals surface area contributed by atoms with Crippen LogP contribution in [0, 0.1) is 0 Å². The second-order valence-corrected chi connectivity index (χ2v) is 5.33. The quantitative estimate of drug-likeness (QED) is 0.863. The smallest absolute Gasteiger partial charge is 0.337 e. The van der Waals surface area contributed by atoms with E-state index in [1.165, 1.54) is 19.2 Å². The summed E-state index contributed by atoms with van der Waals surface area (Å²) in [6.45, 7) is 0. The lowest BCUT2D eigenvalue weighted by molar-refractivity contribution is -0.130. The van der Waals surface area contributed by atoms with Crippen LogP contribution in [-0.4, -0.2) is 40.7 Å². The monoisotopic (exact) mass is 353 g/mol. The predicted molar refractivity (Wildman–Crippen MR) is 79.2 cm³/mol. The molecule has 0 aromatic heterocycles. The summed E-state index contributed by atoms with van der Waals surface area (Å²) in [6.07, 6.45) is 0.433. The molecule has 0 fully saturated rings. The summed E-state index contributed by atoms with van der Waals surface area (Å²) in [4.78, 5) is 34.6. The SMILES string of the molecule is CN1N=C(C(=O)Nc2ccc(Br)cc2C(=O)O)CCC1=O. The molecule has 1 aliphatic rings. The molecule has 0 radical (unpaired) electrons. The van der Waals surface area contributed by atoms with E-state index in [4.69, 9.17) is 5.11 Å². The lowest BCUT2D eigenvalue weighted by Crippen LogP contribution is -2.34. The highest BCUT2D eigenvalue weighted by atomic mass is 79.9. The first-order valence-electron chi connectivity index (χ1n) is 6.06. The molecular formula is C13H12BrN3O4. The van der Waals surface area contributed by atoms with Crippen molar-refractivity contribution in [2.75, 3.05) is 12.4 Å². The number of hydrogen-bond donors (Lipinski definition) is 2. The van der Waals surface area contributed by atoms with Gasteiger partial charge in [-0.05, 0) is 18.2 Å². The van der Waals surface area contributed by atoms with E-state index in [1.807, 2.05) is 0 Å². The third-order valence-corrected chi connectivity index (χ3v) is 3.42. The number of benzene rings is 1. The number of nitrogens with zero attached hydrogens (tertiary/aromatic N) is 2. The van der Waals surface area contributed by atoms with Gasteiger partial charge in [0.1, 0.15) is 5.71 Å². The van der Waals surface area contributed by atoms with Gasteiger partial charge in [0.15, 0.2) is 0 Å². The minimum Gasteiger partial charge on any atom is -0.478 e. The molecule has 2 rings (SSSR count). The summed E-state index contributed by atoms with van der Waals surface area (Å²) in [5, 5.41) is 16.6. The fraction of sp³-hybridized carbons (Fsp3) is 0.231. The second-order valence-electron chi connectivity index (χ2n) is 4.41. The molecule has 0 unspecified atom stereocenters. The molecule has 8 heteroatoms. The number of hydrazone groups is 1. The zero-order valence-corrected chi connectivity index (χ0v) is 12.7. The average Bonchev–Trinajstić information content (AvgIpc) is 2.43. The number of amides is 2. The lowest BCUT2D eigenvalue weighted by atomic mass is 10.1. The van der Waals surface area contributed by atoms with Crippen molar-refractivity contribution in [2.45, 2.75) is 12.8 Å². The maximum atomic E-state index is 12.1. The number of anilines is 1. The number of carbonyl (C=O) groups is 3. The van der Waals surface area contributed by atoms with Crippen molar-refractivity contribution in [1.82, 2.24) is 5.01 Å². The van der Waals surface area contributed by atoms with Gasteiger partial charge in [0.25, 0.3) is 5.91 Å². The Morgan fingerprint density at radius 3 is 2.71 bits per heavy atom. The molecule has 21 heavy (non-hydrogen) atoms. The van der Waals surface area contributed by atoms with Crippen LogP contribution in [0.1, 0.15) is 23.2 Å². The van der Waals surface area contributed by atoms with Gasteiger partial charge in [0, 0.05) is 24.4 Å². The predicted octanol–water partition coefficient (Wildman–Crippen LogP) is 1.69. The van der Waals surface area contributed by atoms with Crippen LogP contribution in [0.3, 0.4) is 0 Å². The van der Waals surface area contributed by atoms with E-state index < -0.39 is 11.9 Å². The van der Waals surface area contributed by atoms with E-state index in [9.17, 15) is 14.4 Å². The fourth-order valence-electron chi connectivity index (χ4n) is 1.83. The van der Waals surface area contributed by atoms with E-state index in [0.717, 1.165) is 5.01 Å². The molecule has 0 saturated heterocycles. The highest BCUT2D eigenvalue weighted by Crippen LogP contribution is 2.21. The molecule has 0 bridgehead atoms. The first-order chi connectivity index (χ1) is 9.88. The highest BCUT2D eigenvalue weighted by molar-refractivity contribution is 9.10. The number of carbonyl (C=O) groups excluding carboxylic acids is 2. The topological polar surface area (TPSA) is 99.1 Å². The van der Waals surface area contributed by atoms with Crippen LogP contribution in [0.5, 0.6) is 0 Å². The van der Waals surface area contributed by atoms with Crippen molar-refractivity contribution in [2.24, 2.45) is 5.10 Å². The number of nitrogens with one attached hydrogen (secondary N) is 1. The summed E-state index contributed by atoms with van der Waals surface area (Å²) in [5.41, 5.74) is 0.341. The molecule has 1 aliphatic heterocycles. The number of halogens is 1. The maximum absolute atomic E-state index is 12.1. The summed E-state index contributed by atoms with van der Waals surface area (Å²) >= 11 is 3.18. The number of rotatable bonds is 3. The van der Waals surface area contributed by atoms with Crippen molar-refractivity contribution in [1.29, 1.82) is 0 Å². The molecular weight excluding hydrogens is 342 g/mol. The molecule has 7 nitrogen and oxygen atoms in total. The molecule has 1 aromatic rings. The summed E-state index contributed by atoms with van der Waals surface area (Å²) in [7, 11) is 1.47. The van der Waals surface area contributed by atoms with E-state index in [0.29, 0.717) is 4.47 Å². The Labute approximate surface area is 128 Å². The van der Waals surface area contributed by atoms with Gasteiger partial charge in [-0.1, -0.05) is 15.9 Å². The van der Waals surface area contributed by atoms with E-state index in [-0.39, 0.29) is 35.7 Å². The molecule has 0 saturated carbocycles. The third-order valence-electron chi connectivity index (χ3n) is 2.93. The molecule has 1 heterocycles. The van der Waals surface area contributed by atoms with Crippen molar-refractivity contribution < 1.29 is 19.5 Å². The highest BCUT2D eigenvalue weighted by Gasteiger charge is 2.23. The van der Waals surface area contributed by atoms with Crippen molar-refractivity contribution in [3.8, 4) is 0 Å². The minimum absolute atomic E-state index is 0.0291. The summed E-state index contributed by atoms with van der Waals surface area (Å²) in [6, 6.07) is 4.51. The Kier molecular flexibility index (Phi) is 4.37. The van der Waals surface area contributed by atoms with Gasteiger partial charge >= 0.3 is 5.97 Å². The number of aromatic carboxylic acids is 1. The van der Waals surface area contributed by atoms with E-state index in [2.05, 4.69) is 26.3 Å². The van der Waals surface area contributed by atoms with Gasteiger partial charge in [-0.25, -0.2) is 9.80 Å². The molecule has 1 aromatic carbocycles. The van der Waals surface area contributed by atoms with Gasteiger partial charge in [0.05, 0.1) is 11.3 Å². The van der Waals surface area contributed by atoms with Crippen LogP contribution in [0.15, 0.2) is 27.8 Å². The number of carboxylic acid groups (broad SMARTS) is 1. The Morgan fingerprint density at radius 1 is 1.38 bits per heavy atom. The van der Waals surface area contributed by atoms with Crippen LogP contribution in [0.4, 0.5) is 5.69 Å². The van der Waals surface area contributed by atoms with E-state index >= 15 is 0 Å². The van der Waals surface area contributed by atoms with E-state index in [1.54, 1.807) is 6.07 Å². The average molecular weight is 354 g/mol. The third kappa shape index (κ3) is 3.46. The van der Waals surface area contributed by atoms with Gasteiger partial charge in [0.2, 0.25) is 5.91 Å². The Morgan fingerprint density at radius 2 is 2.10 bits per heavy atom.